The van der Waals surface area contributed by atoms with Gasteiger partial charge in [-0.1, -0.05) is 12.8 Å². The van der Waals surface area contributed by atoms with Crippen LogP contribution in [0.3, 0.4) is 0 Å². The van der Waals surface area contributed by atoms with E-state index in [1.807, 2.05) is 0 Å². The summed E-state index contributed by atoms with van der Waals surface area (Å²) in [6.45, 7) is 3.03. The number of ether oxygens (including phenoxy) is 1. The van der Waals surface area contributed by atoms with Gasteiger partial charge in [0.2, 0.25) is 0 Å². The maximum absolute atomic E-state index is 11.9. The Morgan fingerprint density at radius 2 is 2.00 bits per heavy atom. The molecule has 2 N–H and O–H groups in total. The molecule has 1 aromatic rings. The molecule has 2 heterocycles. The molecular formula is C14H21N5O2. The van der Waals surface area contributed by atoms with Gasteiger partial charge in [-0.15, -0.1) is 0 Å². The smallest absolute Gasteiger partial charge is 0.320 e. The minimum atomic E-state index is -0.187. The highest BCUT2D eigenvalue weighted by Gasteiger charge is 2.18. The van der Waals surface area contributed by atoms with Gasteiger partial charge in [0.25, 0.3) is 0 Å². The van der Waals surface area contributed by atoms with Gasteiger partial charge in [-0.05, 0) is 12.8 Å². The number of nitrogens with one attached hydrogen (secondary N) is 2. The first-order chi connectivity index (χ1) is 10.3. The van der Waals surface area contributed by atoms with Gasteiger partial charge in [-0.3, -0.25) is 5.32 Å². The lowest BCUT2D eigenvalue weighted by molar-refractivity contribution is 0.122. The molecule has 1 aliphatic heterocycles. The first-order valence-corrected chi connectivity index (χ1v) is 7.53. The molecule has 7 nitrogen and oxygen atoms in total. The highest BCUT2D eigenvalue weighted by molar-refractivity contribution is 5.88. The number of hydrogen-bond donors (Lipinski definition) is 2. The number of carbonyl (C=O) groups excluding carboxylic acids is 1. The number of urea groups is 1. The molecule has 0 spiro atoms. The van der Waals surface area contributed by atoms with Gasteiger partial charge in [0, 0.05) is 25.2 Å². The Bertz CT molecular complexity index is 484. The summed E-state index contributed by atoms with van der Waals surface area (Å²) < 4.78 is 5.33. The molecule has 7 heteroatoms. The predicted molar refractivity (Wildman–Crippen MR) is 79.5 cm³/mol. The molecule has 21 heavy (non-hydrogen) atoms. The van der Waals surface area contributed by atoms with Crippen LogP contribution in [-0.2, 0) is 4.74 Å². The van der Waals surface area contributed by atoms with Crippen LogP contribution in [0, 0.1) is 0 Å². The van der Waals surface area contributed by atoms with E-state index < -0.39 is 0 Å². The first kappa shape index (κ1) is 14.1. The minimum absolute atomic E-state index is 0.187. The fourth-order valence-corrected chi connectivity index (χ4v) is 2.79. The number of carbonyl (C=O) groups is 1. The van der Waals surface area contributed by atoms with Crippen LogP contribution in [0.2, 0.25) is 0 Å². The molecule has 0 unspecified atom stereocenters. The van der Waals surface area contributed by atoms with Crippen molar-refractivity contribution in [3.63, 3.8) is 0 Å². The van der Waals surface area contributed by atoms with E-state index in [-0.39, 0.29) is 6.03 Å². The van der Waals surface area contributed by atoms with E-state index in [0.717, 1.165) is 31.7 Å². The molecule has 1 saturated carbocycles. The molecule has 1 aliphatic carbocycles. The minimum Gasteiger partial charge on any atom is -0.378 e. The number of anilines is 2. The average Bonchev–Trinajstić information content (AvgIpc) is 3.01. The van der Waals surface area contributed by atoms with E-state index in [1.165, 1.54) is 19.2 Å². The largest absolute Gasteiger partial charge is 0.378 e. The quantitative estimate of drug-likeness (QED) is 0.879. The summed E-state index contributed by atoms with van der Waals surface area (Å²) >= 11 is 0. The zero-order chi connectivity index (χ0) is 14.5. The van der Waals surface area contributed by atoms with Crippen molar-refractivity contribution in [1.82, 2.24) is 15.3 Å². The number of rotatable bonds is 3. The number of aromatic nitrogens is 2. The third kappa shape index (κ3) is 3.81. The van der Waals surface area contributed by atoms with Crippen molar-refractivity contribution in [2.75, 3.05) is 36.5 Å². The molecule has 0 atom stereocenters. The van der Waals surface area contributed by atoms with Gasteiger partial charge in [0.15, 0.2) is 0 Å². The molecule has 0 bridgehead atoms. The number of amides is 2. The predicted octanol–water partition coefficient (Wildman–Crippen LogP) is 1.38. The summed E-state index contributed by atoms with van der Waals surface area (Å²) in [5.41, 5.74) is 0. The topological polar surface area (TPSA) is 79.4 Å². The summed E-state index contributed by atoms with van der Waals surface area (Å²) in [4.78, 5) is 22.4. The molecule has 114 valence electrons. The summed E-state index contributed by atoms with van der Waals surface area (Å²) in [6.07, 6.45) is 6.00. The summed E-state index contributed by atoms with van der Waals surface area (Å²) in [5, 5.41) is 5.77. The van der Waals surface area contributed by atoms with Crippen LogP contribution in [0.5, 0.6) is 0 Å². The zero-order valence-electron chi connectivity index (χ0n) is 12.0. The first-order valence-electron chi connectivity index (χ1n) is 7.53. The van der Waals surface area contributed by atoms with E-state index in [9.17, 15) is 4.79 Å². The van der Waals surface area contributed by atoms with E-state index >= 15 is 0 Å². The normalized spacial score (nSPS) is 19.5. The maximum atomic E-state index is 11.9. The number of nitrogens with zero attached hydrogens (tertiary/aromatic N) is 3. The monoisotopic (exact) mass is 291 g/mol. The van der Waals surface area contributed by atoms with Gasteiger partial charge < -0.3 is 15.0 Å². The van der Waals surface area contributed by atoms with E-state index in [4.69, 9.17) is 4.74 Å². The Morgan fingerprint density at radius 1 is 1.24 bits per heavy atom. The summed E-state index contributed by atoms with van der Waals surface area (Å²) in [7, 11) is 0. The fourth-order valence-electron chi connectivity index (χ4n) is 2.79. The Hall–Kier alpha value is -1.89. The van der Waals surface area contributed by atoms with Crippen molar-refractivity contribution >= 4 is 17.7 Å². The van der Waals surface area contributed by atoms with Crippen molar-refractivity contribution in [3.8, 4) is 0 Å². The molecule has 0 radical (unpaired) electrons. The van der Waals surface area contributed by atoms with Crippen molar-refractivity contribution in [3.05, 3.63) is 12.4 Å². The lowest BCUT2D eigenvalue weighted by Crippen LogP contribution is -2.37. The van der Waals surface area contributed by atoms with Crippen molar-refractivity contribution in [2.24, 2.45) is 0 Å². The van der Waals surface area contributed by atoms with Crippen LogP contribution < -0.4 is 15.5 Å². The lowest BCUT2D eigenvalue weighted by Gasteiger charge is -2.27. The number of morpholine rings is 1. The molecule has 0 aromatic carbocycles. The zero-order valence-corrected chi connectivity index (χ0v) is 12.0. The van der Waals surface area contributed by atoms with Gasteiger partial charge in [0.1, 0.15) is 18.0 Å². The van der Waals surface area contributed by atoms with Gasteiger partial charge in [-0.25, -0.2) is 14.8 Å². The SMILES string of the molecule is O=C(Nc1cc(N2CCOCC2)ncn1)NC1CCCC1. The molecule has 1 saturated heterocycles. The third-order valence-electron chi connectivity index (χ3n) is 3.92. The van der Waals surface area contributed by atoms with Crippen LogP contribution in [-0.4, -0.2) is 48.3 Å². The van der Waals surface area contributed by atoms with Gasteiger partial charge >= 0.3 is 6.03 Å². The van der Waals surface area contributed by atoms with Crippen LogP contribution in [0.15, 0.2) is 12.4 Å². The molecular weight excluding hydrogens is 270 g/mol. The molecule has 2 aliphatic rings. The van der Waals surface area contributed by atoms with E-state index in [0.29, 0.717) is 25.1 Å². The second-order valence-corrected chi connectivity index (χ2v) is 5.44. The van der Waals surface area contributed by atoms with Gasteiger partial charge in [-0.2, -0.15) is 0 Å². The molecule has 3 rings (SSSR count). The number of hydrogen-bond acceptors (Lipinski definition) is 5. The van der Waals surface area contributed by atoms with Crippen molar-refractivity contribution in [2.45, 2.75) is 31.7 Å². The Kier molecular flexibility index (Phi) is 4.49. The van der Waals surface area contributed by atoms with Crippen LogP contribution in [0.4, 0.5) is 16.4 Å². The standard InChI is InChI=1S/C14H21N5O2/c20-14(17-11-3-1-2-4-11)18-12-9-13(16-10-15-12)19-5-7-21-8-6-19/h9-11H,1-8H2,(H2,15,16,17,18,20). The average molecular weight is 291 g/mol. The second-order valence-electron chi connectivity index (χ2n) is 5.44. The summed E-state index contributed by atoms with van der Waals surface area (Å²) in [5.74, 6) is 1.35. The van der Waals surface area contributed by atoms with Crippen LogP contribution >= 0.6 is 0 Å². The third-order valence-corrected chi connectivity index (χ3v) is 3.92. The van der Waals surface area contributed by atoms with E-state index in [1.54, 1.807) is 6.07 Å². The highest BCUT2D eigenvalue weighted by atomic mass is 16.5. The second kappa shape index (κ2) is 6.71. The molecule has 2 fully saturated rings. The van der Waals surface area contributed by atoms with Crippen molar-refractivity contribution in [1.29, 1.82) is 0 Å². The Morgan fingerprint density at radius 3 is 2.76 bits per heavy atom. The fraction of sp³-hybridized carbons (Fsp3) is 0.643. The highest BCUT2D eigenvalue weighted by Crippen LogP contribution is 2.18. The van der Waals surface area contributed by atoms with Crippen LogP contribution in [0.1, 0.15) is 25.7 Å². The van der Waals surface area contributed by atoms with Crippen LogP contribution in [0.25, 0.3) is 0 Å². The summed E-state index contributed by atoms with van der Waals surface area (Å²) in [6, 6.07) is 1.92. The van der Waals surface area contributed by atoms with Gasteiger partial charge in [0.05, 0.1) is 13.2 Å². The lowest BCUT2D eigenvalue weighted by atomic mass is 10.2. The van der Waals surface area contributed by atoms with Crippen molar-refractivity contribution < 1.29 is 9.53 Å². The maximum Gasteiger partial charge on any atom is 0.320 e. The van der Waals surface area contributed by atoms with E-state index in [2.05, 4.69) is 25.5 Å². The molecule has 1 aromatic heterocycles. The Balaban J connectivity index is 1.58. The molecule has 2 amide bonds. The Labute approximate surface area is 124 Å².